The van der Waals surface area contributed by atoms with Gasteiger partial charge in [0.25, 0.3) is 10.0 Å². The van der Waals surface area contributed by atoms with E-state index < -0.39 is 10.0 Å². The highest BCUT2D eigenvalue weighted by Crippen LogP contribution is 2.28. The maximum Gasteiger partial charge on any atom is 0.279 e. The molecular weight excluding hydrogens is 316 g/mol. The molecule has 0 radical (unpaired) electrons. The molecule has 0 bridgehead atoms. The zero-order valence-electron chi connectivity index (χ0n) is 11.5. The molecule has 2 rings (SSSR count). The third-order valence-corrected chi connectivity index (χ3v) is 4.41. The van der Waals surface area contributed by atoms with E-state index in [-0.39, 0.29) is 5.03 Å². The second-order valence-electron chi connectivity index (χ2n) is 4.21. The van der Waals surface area contributed by atoms with Gasteiger partial charge in [0.2, 0.25) is 0 Å². The number of ether oxygens (including phenoxy) is 1. The number of rotatable bonds is 6. The Kier molecular flexibility index (Phi) is 4.71. The van der Waals surface area contributed by atoms with Crippen LogP contribution in [0.1, 0.15) is 5.56 Å². The fraction of sp³-hybridized carbons (Fsp3) is 0.250. The van der Waals surface area contributed by atoms with Crippen LogP contribution in [0.5, 0.6) is 5.75 Å². The van der Waals surface area contributed by atoms with Gasteiger partial charge in [-0.15, -0.1) is 0 Å². The molecule has 21 heavy (non-hydrogen) atoms. The molecule has 1 heterocycles. The summed E-state index contributed by atoms with van der Waals surface area (Å²) in [4.78, 5) is 0. The molecule has 7 nitrogen and oxygen atoms in total. The molecule has 0 fully saturated rings. The van der Waals surface area contributed by atoms with E-state index in [9.17, 15) is 8.42 Å². The van der Waals surface area contributed by atoms with Crippen LogP contribution in [0.25, 0.3) is 0 Å². The van der Waals surface area contributed by atoms with Gasteiger partial charge >= 0.3 is 0 Å². The summed E-state index contributed by atoms with van der Waals surface area (Å²) in [5, 5.41) is 9.47. The van der Waals surface area contributed by atoms with Crippen molar-refractivity contribution < 1.29 is 13.2 Å². The number of aromatic amines is 1. The number of sulfonamides is 1. The third kappa shape index (κ3) is 3.46. The van der Waals surface area contributed by atoms with E-state index in [1.54, 1.807) is 19.2 Å². The quantitative estimate of drug-likeness (QED) is 0.747. The normalized spacial score (nSPS) is 11.4. The van der Waals surface area contributed by atoms with Gasteiger partial charge in [0.05, 0.1) is 24.0 Å². The van der Waals surface area contributed by atoms with Crippen LogP contribution in [0, 0.1) is 0 Å². The minimum absolute atomic E-state index is 0.0174. The minimum Gasteiger partial charge on any atom is -0.495 e. The van der Waals surface area contributed by atoms with Crippen LogP contribution in [0.15, 0.2) is 29.4 Å². The van der Waals surface area contributed by atoms with Gasteiger partial charge in [0, 0.05) is 12.1 Å². The van der Waals surface area contributed by atoms with Crippen molar-refractivity contribution in [1.29, 1.82) is 0 Å². The number of halogens is 1. The van der Waals surface area contributed by atoms with Crippen LogP contribution in [-0.4, -0.2) is 32.8 Å². The Labute approximate surface area is 127 Å². The van der Waals surface area contributed by atoms with Crippen molar-refractivity contribution >= 4 is 27.3 Å². The Balaban J connectivity index is 2.29. The summed E-state index contributed by atoms with van der Waals surface area (Å²) in [6, 6.07) is 4.63. The fourth-order valence-corrected chi connectivity index (χ4v) is 3.22. The number of nitrogens with zero attached hydrogens (tertiary/aromatic N) is 1. The second kappa shape index (κ2) is 6.33. The van der Waals surface area contributed by atoms with Crippen molar-refractivity contribution in [2.24, 2.45) is 0 Å². The van der Waals surface area contributed by atoms with Crippen molar-refractivity contribution in [2.75, 3.05) is 18.9 Å². The SMILES string of the molecule is CNCc1cn[nH]c1S(=O)(=O)Nc1ccc(OC)c(Cl)c1. The van der Waals surface area contributed by atoms with Crippen LogP contribution in [0.4, 0.5) is 5.69 Å². The van der Waals surface area contributed by atoms with E-state index in [2.05, 4.69) is 20.2 Å². The lowest BCUT2D eigenvalue weighted by atomic mass is 10.3. The standard InChI is InChI=1S/C12H15ClN4O3S/c1-14-6-8-7-15-16-12(8)21(18,19)17-9-3-4-11(20-2)10(13)5-9/h3-5,7,14,17H,6H2,1-2H3,(H,15,16). The smallest absolute Gasteiger partial charge is 0.279 e. The zero-order valence-corrected chi connectivity index (χ0v) is 13.0. The van der Waals surface area contributed by atoms with Gasteiger partial charge in [-0.25, -0.2) is 0 Å². The molecule has 0 saturated heterocycles. The molecule has 1 aromatic heterocycles. The number of H-pyrrole nitrogens is 1. The first-order valence-corrected chi connectivity index (χ1v) is 7.87. The first-order chi connectivity index (χ1) is 9.97. The van der Waals surface area contributed by atoms with Crippen molar-refractivity contribution in [3.8, 4) is 5.75 Å². The van der Waals surface area contributed by atoms with Gasteiger partial charge in [-0.05, 0) is 25.2 Å². The van der Waals surface area contributed by atoms with Crippen LogP contribution in [0.2, 0.25) is 5.02 Å². The number of anilines is 1. The summed E-state index contributed by atoms with van der Waals surface area (Å²) in [6.45, 7) is 0.385. The molecule has 1 aromatic carbocycles. The molecule has 114 valence electrons. The van der Waals surface area contributed by atoms with Crippen molar-refractivity contribution in [2.45, 2.75) is 11.6 Å². The number of nitrogens with one attached hydrogen (secondary N) is 3. The van der Waals surface area contributed by atoms with Gasteiger partial charge in [-0.2, -0.15) is 13.5 Å². The predicted molar refractivity (Wildman–Crippen MR) is 80.2 cm³/mol. The molecule has 0 amide bonds. The zero-order chi connectivity index (χ0) is 15.5. The number of hydrogen-bond acceptors (Lipinski definition) is 5. The van der Waals surface area contributed by atoms with Crippen LogP contribution in [-0.2, 0) is 16.6 Å². The van der Waals surface area contributed by atoms with Crippen molar-refractivity contribution in [1.82, 2.24) is 15.5 Å². The molecule has 3 N–H and O–H groups in total. The largest absolute Gasteiger partial charge is 0.495 e. The van der Waals surface area contributed by atoms with Gasteiger partial charge in [0.15, 0.2) is 5.03 Å². The molecule has 9 heteroatoms. The number of methoxy groups -OCH3 is 1. The van der Waals surface area contributed by atoms with Crippen LogP contribution in [0.3, 0.4) is 0 Å². The Morgan fingerprint density at radius 2 is 2.19 bits per heavy atom. The van der Waals surface area contributed by atoms with Gasteiger partial charge in [-0.3, -0.25) is 9.82 Å². The van der Waals surface area contributed by atoms with E-state index in [0.29, 0.717) is 28.6 Å². The van der Waals surface area contributed by atoms with E-state index in [4.69, 9.17) is 16.3 Å². The Morgan fingerprint density at radius 3 is 2.81 bits per heavy atom. The highest BCUT2D eigenvalue weighted by atomic mass is 35.5. The fourth-order valence-electron chi connectivity index (χ4n) is 1.78. The summed E-state index contributed by atoms with van der Waals surface area (Å²) >= 11 is 5.97. The molecule has 0 aliphatic heterocycles. The van der Waals surface area contributed by atoms with Crippen LogP contribution < -0.4 is 14.8 Å². The second-order valence-corrected chi connectivity index (χ2v) is 6.24. The van der Waals surface area contributed by atoms with Gasteiger partial charge in [0.1, 0.15) is 5.75 Å². The highest BCUT2D eigenvalue weighted by Gasteiger charge is 2.21. The number of aromatic nitrogens is 2. The number of benzene rings is 1. The summed E-state index contributed by atoms with van der Waals surface area (Å²) < 4.78 is 32.1. The molecular formula is C12H15ClN4O3S. The Hall–Kier alpha value is -1.77. The average Bonchev–Trinajstić information content (AvgIpc) is 2.88. The van der Waals surface area contributed by atoms with Gasteiger partial charge < -0.3 is 10.1 Å². The van der Waals surface area contributed by atoms with Crippen molar-refractivity contribution in [3.63, 3.8) is 0 Å². The minimum atomic E-state index is -3.77. The predicted octanol–water partition coefficient (Wildman–Crippen LogP) is 1.59. The lowest BCUT2D eigenvalue weighted by Gasteiger charge is -2.10. The average molecular weight is 331 g/mol. The Bertz CT molecular complexity index is 730. The van der Waals surface area contributed by atoms with E-state index in [0.717, 1.165) is 0 Å². The lowest BCUT2D eigenvalue weighted by Crippen LogP contribution is -2.17. The molecule has 0 aliphatic carbocycles. The number of hydrogen-bond donors (Lipinski definition) is 3. The van der Waals surface area contributed by atoms with E-state index >= 15 is 0 Å². The first kappa shape index (κ1) is 15.6. The molecule has 0 saturated carbocycles. The summed E-state index contributed by atoms with van der Waals surface area (Å²) in [5.74, 6) is 0.469. The maximum atomic E-state index is 12.3. The molecule has 0 atom stereocenters. The Morgan fingerprint density at radius 1 is 1.43 bits per heavy atom. The monoisotopic (exact) mass is 330 g/mol. The highest BCUT2D eigenvalue weighted by molar-refractivity contribution is 7.92. The maximum absolute atomic E-state index is 12.3. The summed E-state index contributed by atoms with van der Waals surface area (Å²) in [5.41, 5.74) is 0.885. The summed E-state index contributed by atoms with van der Waals surface area (Å²) in [7, 11) is -0.559. The third-order valence-electron chi connectivity index (χ3n) is 2.72. The first-order valence-electron chi connectivity index (χ1n) is 6.01. The molecule has 0 unspecified atom stereocenters. The van der Waals surface area contributed by atoms with Crippen LogP contribution >= 0.6 is 11.6 Å². The van der Waals surface area contributed by atoms with Gasteiger partial charge in [-0.1, -0.05) is 11.6 Å². The molecule has 0 aliphatic rings. The molecule has 0 spiro atoms. The summed E-state index contributed by atoms with van der Waals surface area (Å²) in [6.07, 6.45) is 1.46. The topological polar surface area (TPSA) is 96.1 Å². The lowest BCUT2D eigenvalue weighted by molar-refractivity contribution is 0.415. The van der Waals surface area contributed by atoms with E-state index in [1.165, 1.54) is 19.4 Å². The molecule has 2 aromatic rings. The van der Waals surface area contributed by atoms with Crippen molar-refractivity contribution in [3.05, 3.63) is 35.0 Å². The van der Waals surface area contributed by atoms with E-state index in [1.807, 2.05) is 0 Å².